The summed E-state index contributed by atoms with van der Waals surface area (Å²) in [4.78, 5) is 18.0. The van der Waals surface area contributed by atoms with E-state index in [4.69, 9.17) is 14.2 Å². The van der Waals surface area contributed by atoms with E-state index in [1.807, 2.05) is 19.9 Å². The minimum atomic E-state index is -4.24. The number of aryl methyl sites for hydroxylation is 2. The molecule has 1 amide bonds. The standard InChI is InChI=1S/C24H26N2O6S/c1-15-8-11-21(31-4)19(12-15)24(13-17(30-3)14-32-24)23(27)26-33(28,29)22-7-5-6-20-18(22)10-9-16(2)25-20/h5-12,17H,13-14H2,1-4H3,(H,26,27)/t17-,24+/m0/s1. The molecular formula is C24H26N2O6S. The Kier molecular flexibility index (Phi) is 6.13. The van der Waals surface area contributed by atoms with Crippen molar-refractivity contribution in [3.63, 3.8) is 0 Å². The molecule has 1 aliphatic rings. The molecule has 2 atom stereocenters. The number of methoxy groups -OCH3 is 2. The highest BCUT2D eigenvalue weighted by molar-refractivity contribution is 7.90. The maximum Gasteiger partial charge on any atom is 0.270 e. The second kappa shape index (κ2) is 8.74. The molecule has 1 aliphatic heterocycles. The van der Waals surface area contributed by atoms with Gasteiger partial charge in [0, 0.05) is 30.2 Å². The Labute approximate surface area is 192 Å². The average molecular weight is 471 g/mol. The Morgan fingerprint density at radius 3 is 2.64 bits per heavy atom. The normalized spacial score (nSPS) is 20.7. The number of rotatable bonds is 6. The molecule has 1 fully saturated rings. The van der Waals surface area contributed by atoms with E-state index in [1.165, 1.54) is 20.3 Å². The zero-order valence-corrected chi connectivity index (χ0v) is 19.7. The minimum absolute atomic E-state index is 0.0338. The molecule has 0 bridgehead atoms. The summed E-state index contributed by atoms with van der Waals surface area (Å²) in [5.74, 6) is -0.377. The molecule has 2 heterocycles. The molecule has 0 unspecified atom stereocenters. The number of ether oxygens (including phenoxy) is 3. The van der Waals surface area contributed by atoms with Crippen molar-refractivity contribution >= 4 is 26.8 Å². The van der Waals surface area contributed by atoms with Crippen molar-refractivity contribution < 1.29 is 27.4 Å². The molecule has 1 saturated heterocycles. The van der Waals surface area contributed by atoms with Crippen LogP contribution in [0.2, 0.25) is 0 Å². The maximum absolute atomic E-state index is 13.6. The van der Waals surface area contributed by atoms with Crippen LogP contribution in [0.15, 0.2) is 53.4 Å². The number of carbonyl (C=O) groups excluding carboxylic acids is 1. The topological polar surface area (TPSA) is 104 Å². The maximum atomic E-state index is 13.6. The summed E-state index contributed by atoms with van der Waals surface area (Å²) in [5.41, 5.74) is 1.02. The first-order valence-corrected chi connectivity index (χ1v) is 11.9. The fourth-order valence-electron chi connectivity index (χ4n) is 4.15. The van der Waals surface area contributed by atoms with E-state index >= 15 is 0 Å². The van der Waals surface area contributed by atoms with Crippen LogP contribution in [0.1, 0.15) is 23.2 Å². The van der Waals surface area contributed by atoms with Crippen LogP contribution in [-0.4, -0.2) is 46.2 Å². The molecule has 9 heteroatoms. The number of benzene rings is 2. The highest BCUT2D eigenvalue weighted by atomic mass is 32.2. The fraction of sp³-hybridized carbons (Fsp3) is 0.333. The molecule has 0 aliphatic carbocycles. The SMILES string of the molecule is COc1ccc(C)cc1[C@@]1(C(=O)NS(=O)(=O)c2cccc3nc(C)ccc23)C[C@H](OC)CO1. The summed E-state index contributed by atoms with van der Waals surface area (Å²) in [7, 11) is -1.22. The molecular weight excluding hydrogens is 444 g/mol. The van der Waals surface area contributed by atoms with Crippen molar-refractivity contribution in [3.05, 3.63) is 65.4 Å². The fourth-order valence-corrected chi connectivity index (χ4v) is 5.39. The van der Waals surface area contributed by atoms with Crippen LogP contribution in [0.5, 0.6) is 5.75 Å². The zero-order valence-electron chi connectivity index (χ0n) is 18.9. The Balaban J connectivity index is 1.78. The highest BCUT2D eigenvalue weighted by Crippen LogP contribution is 2.42. The van der Waals surface area contributed by atoms with Gasteiger partial charge in [0.25, 0.3) is 15.9 Å². The number of hydrogen-bond donors (Lipinski definition) is 1. The van der Waals surface area contributed by atoms with Crippen molar-refractivity contribution in [2.75, 3.05) is 20.8 Å². The molecule has 4 rings (SSSR count). The van der Waals surface area contributed by atoms with Crippen molar-refractivity contribution in [1.82, 2.24) is 9.71 Å². The molecule has 8 nitrogen and oxygen atoms in total. The van der Waals surface area contributed by atoms with Gasteiger partial charge in [0.05, 0.1) is 30.2 Å². The summed E-state index contributed by atoms with van der Waals surface area (Å²) in [6.45, 7) is 3.84. The second-order valence-electron chi connectivity index (χ2n) is 8.11. The third-order valence-electron chi connectivity index (χ3n) is 5.87. The van der Waals surface area contributed by atoms with Gasteiger partial charge in [0.15, 0.2) is 5.60 Å². The predicted octanol–water partition coefficient (Wildman–Crippen LogP) is 3.00. The number of amides is 1. The van der Waals surface area contributed by atoms with Gasteiger partial charge in [-0.3, -0.25) is 9.78 Å². The molecule has 33 heavy (non-hydrogen) atoms. The molecule has 0 spiro atoms. The molecule has 3 aromatic rings. The Hall–Kier alpha value is -3.01. The van der Waals surface area contributed by atoms with Gasteiger partial charge in [-0.2, -0.15) is 0 Å². The van der Waals surface area contributed by atoms with Gasteiger partial charge >= 0.3 is 0 Å². The summed E-state index contributed by atoms with van der Waals surface area (Å²) in [5, 5.41) is 0.424. The molecule has 0 saturated carbocycles. The van der Waals surface area contributed by atoms with Crippen LogP contribution in [0, 0.1) is 13.8 Å². The van der Waals surface area contributed by atoms with Crippen molar-refractivity contribution in [2.24, 2.45) is 0 Å². The highest BCUT2D eigenvalue weighted by Gasteiger charge is 2.51. The monoisotopic (exact) mass is 470 g/mol. The van der Waals surface area contributed by atoms with Crippen LogP contribution in [-0.2, 0) is 29.9 Å². The number of sulfonamides is 1. The van der Waals surface area contributed by atoms with Crippen LogP contribution in [0.3, 0.4) is 0 Å². The van der Waals surface area contributed by atoms with E-state index in [-0.39, 0.29) is 24.0 Å². The van der Waals surface area contributed by atoms with E-state index in [2.05, 4.69) is 9.71 Å². The minimum Gasteiger partial charge on any atom is -0.496 e. The Morgan fingerprint density at radius 2 is 1.94 bits per heavy atom. The summed E-state index contributed by atoms with van der Waals surface area (Å²) in [6.07, 6.45) is -0.241. The van der Waals surface area contributed by atoms with Gasteiger partial charge in [-0.25, -0.2) is 13.1 Å². The van der Waals surface area contributed by atoms with Crippen molar-refractivity contribution in [1.29, 1.82) is 0 Å². The van der Waals surface area contributed by atoms with E-state index < -0.39 is 21.5 Å². The second-order valence-corrected chi connectivity index (χ2v) is 9.76. The van der Waals surface area contributed by atoms with Crippen molar-refractivity contribution in [2.45, 2.75) is 36.9 Å². The third kappa shape index (κ3) is 4.19. The molecule has 174 valence electrons. The van der Waals surface area contributed by atoms with Gasteiger partial charge in [-0.05, 0) is 50.2 Å². The lowest BCUT2D eigenvalue weighted by atomic mass is 9.87. The summed E-state index contributed by atoms with van der Waals surface area (Å²) < 4.78 is 45.9. The smallest absolute Gasteiger partial charge is 0.270 e. The molecule has 1 aromatic heterocycles. The van der Waals surface area contributed by atoms with Gasteiger partial charge in [-0.1, -0.05) is 17.7 Å². The zero-order chi connectivity index (χ0) is 23.8. The Morgan fingerprint density at radius 1 is 1.15 bits per heavy atom. The van der Waals surface area contributed by atoms with Gasteiger partial charge < -0.3 is 14.2 Å². The number of nitrogens with one attached hydrogen (secondary N) is 1. The first-order valence-electron chi connectivity index (χ1n) is 10.5. The molecule has 1 N–H and O–H groups in total. The number of pyridine rings is 1. The molecule has 2 aromatic carbocycles. The van der Waals surface area contributed by atoms with Crippen molar-refractivity contribution in [3.8, 4) is 5.75 Å². The number of fused-ring (bicyclic) bond motifs is 1. The Bertz CT molecular complexity index is 1320. The largest absolute Gasteiger partial charge is 0.496 e. The first kappa shape index (κ1) is 23.2. The van der Waals surface area contributed by atoms with E-state index in [0.29, 0.717) is 22.2 Å². The number of carbonyl (C=O) groups is 1. The van der Waals surface area contributed by atoms with Gasteiger partial charge in [-0.15, -0.1) is 0 Å². The van der Waals surface area contributed by atoms with Crippen LogP contribution in [0.25, 0.3) is 10.9 Å². The summed E-state index contributed by atoms with van der Waals surface area (Å²) >= 11 is 0. The molecule has 0 radical (unpaired) electrons. The van der Waals surface area contributed by atoms with Gasteiger partial charge in [0.2, 0.25) is 0 Å². The quantitative estimate of drug-likeness (QED) is 0.591. The van der Waals surface area contributed by atoms with E-state index in [1.54, 1.807) is 36.4 Å². The predicted molar refractivity (Wildman–Crippen MR) is 123 cm³/mol. The number of aromatic nitrogens is 1. The van der Waals surface area contributed by atoms with Crippen LogP contribution in [0.4, 0.5) is 0 Å². The first-order chi connectivity index (χ1) is 15.7. The van der Waals surface area contributed by atoms with Crippen LogP contribution >= 0.6 is 0 Å². The lowest BCUT2D eigenvalue weighted by molar-refractivity contribution is -0.140. The lowest BCUT2D eigenvalue weighted by Gasteiger charge is -2.29. The number of hydrogen-bond acceptors (Lipinski definition) is 7. The van der Waals surface area contributed by atoms with E-state index in [0.717, 1.165) is 11.3 Å². The average Bonchev–Trinajstić information content (AvgIpc) is 3.24. The third-order valence-corrected chi connectivity index (χ3v) is 7.26. The summed E-state index contributed by atoms with van der Waals surface area (Å²) in [6, 6.07) is 13.5. The lowest BCUT2D eigenvalue weighted by Crippen LogP contribution is -2.47. The van der Waals surface area contributed by atoms with E-state index in [9.17, 15) is 13.2 Å². The number of nitrogens with zero attached hydrogens (tertiary/aromatic N) is 1. The van der Waals surface area contributed by atoms with Gasteiger partial charge in [0.1, 0.15) is 5.75 Å². The van der Waals surface area contributed by atoms with Crippen LogP contribution < -0.4 is 9.46 Å².